The van der Waals surface area contributed by atoms with Crippen LogP contribution in [0.15, 0.2) is 95.5 Å². The van der Waals surface area contributed by atoms with Crippen LogP contribution in [0.1, 0.15) is 74.7 Å². The molecule has 2 aliphatic carbocycles. The highest BCUT2D eigenvalue weighted by Gasteiger charge is 2.31. The maximum atomic E-state index is 14.3. The molecule has 0 radical (unpaired) electrons. The minimum absolute atomic E-state index is 0.0343. The SMILES string of the molecule is CO[C@H]1CC[C@H](CNc2ccc(S(=O)(=O)NC(=O)c3ccc(N4CCN(CC5=C(c6ccc(Cl)cc6)CC(C)(C)CC5)CC4)cc3Oc3cccc4c3cnn4COCC[Si](C)(C)C)cc2[N+](=O)[O-])CC1. The van der Waals surface area contributed by atoms with E-state index in [1.165, 1.54) is 28.8 Å². The van der Waals surface area contributed by atoms with Crippen LogP contribution in [0, 0.1) is 21.4 Å². The van der Waals surface area contributed by atoms with E-state index in [9.17, 15) is 23.3 Å². The Kier molecular flexibility index (Phi) is 16.3. The summed E-state index contributed by atoms with van der Waals surface area (Å²) in [5.74, 6) is -0.102. The highest BCUT2D eigenvalue weighted by molar-refractivity contribution is 7.90. The summed E-state index contributed by atoms with van der Waals surface area (Å²) in [6.45, 7) is 16.9. The fourth-order valence-electron chi connectivity index (χ4n) is 9.84. The van der Waals surface area contributed by atoms with Crippen molar-refractivity contribution in [2.75, 3.05) is 63.2 Å². The normalized spacial score (nSPS) is 18.9. The number of anilines is 2. The molecule has 15 nitrogen and oxygen atoms in total. The molecule has 2 fully saturated rings. The quantitative estimate of drug-likeness (QED) is 0.0348. The van der Waals surface area contributed by atoms with Crippen molar-refractivity contribution in [3.8, 4) is 11.5 Å². The van der Waals surface area contributed by atoms with E-state index in [1.54, 1.807) is 42.3 Å². The van der Waals surface area contributed by atoms with Crippen molar-refractivity contribution in [2.45, 2.75) is 102 Å². The third kappa shape index (κ3) is 13.2. The lowest BCUT2D eigenvalue weighted by Gasteiger charge is -2.39. The van der Waals surface area contributed by atoms with E-state index in [-0.39, 0.29) is 35.3 Å². The minimum Gasteiger partial charge on any atom is -0.456 e. The number of amides is 1. The van der Waals surface area contributed by atoms with E-state index < -0.39 is 39.5 Å². The number of rotatable bonds is 19. The summed E-state index contributed by atoms with van der Waals surface area (Å²) in [5, 5.41) is 21.5. The number of carbonyl (C=O) groups is 1. The number of allylic oxidation sites excluding steroid dienone is 1. The van der Waals surface area contributed by atoms with Crippen LogP contribution in [0.25, 0.3) is 16.5 Å². The summed E-state index contributed by atoms with van der Waals surface area (Å²) in [6.07, 6.45) is 8.74. The molecule has 3 aliphatic rings. The molecule has 0 unspecified atom stereocenters. The van der Waals surface area contributed by atoms with E-state index in [4.69, 9.17) is 25.8 Å². The number of halogens is 1. The largest absolute Gasteiger partial charge is 0.456 e. The van der Waals surface area contributed by atoms with Gasteiger partial charge in [-0.1, -0.05) is 68.9 Å². The summed E-state index contributed by atoms with van der Waals surface area (Å²) in [4.78, 5) is 30.2. The summed E-state index contributed by atoms with van der Waals surface area (Å²) < 4.78 is 50.0. The molecule has 5 aromatic rings. The molecule has 0 bridgehead atoms. The van der Waals surface area contributed by atoms with Gasteiger partial charge in [0, 0.05) is 83.9 Å². The van der Waals surface area contributed by atoms with Crippen molar-refractivity contribution in [1.29, 1.82) is 0 Å². The summed E-state index contributed by atoms with van der Waals surface area (Å²) in [6, 6.07) is 23.5. The van der Waals surface area contributed by atoms with Gasteiger partial charge in [-0.3, -0.25) is 19.8 Å². The molecule has 18 heteroatoms. The van der Waals surface area contributed by atoms with E-state index in [2.05, 4.69) is 70.6 Å². The Morgan fingerprint density at radius 2 is 1.70 bits per heavy atom. The standard InChI is InChI=1S/C53H68ClN7O8SSi/c1-53(2)23-22-39(45(32-53)38-12-14-40(54)15-13-38)35-58-24-26-59(27-25-58)41-16-20-44(51(30-41)69-50-9-7-8-48-46(50)34-56-60(48)36-68-28-29-71(4,5)6)52(62)57-70(65,66)43-19-21-47(49(31-43)61(63)64)55-33-37-10-17-42(67-3)18-11-37/h7-9,12-16,19-21,30-31,34,37,42,55H,10-11,17-18,22-29,32-33,35-36H2,1-6H3,(H,57,62)/t37-,42-. The maximum absolute atomic E-state index is 14.3. The number of carbonyl (C=O) groups excluding carboxylic acids is 1. The molecular formula is C53H68ClN7O8SSi. The number of benzene rings is 4. The first-order chi connectivity index (χ1) is 33.8. The Morgan fingerprint density at radius 1 is 0.958 bits per heavy atom. The molecule has 8 rings (SSSR count). The summed E-state index contributed by atoms with van der Waals surface area (Å²) >= 11 is 6.28. The van der Waals surface area contributed by atoms with Crippen molar-refractivity contribution in [3.63, 3.8) is 0 Å². The van der Waals surface area contributed by atoms with Crippen LogP contribution in [0.3, 0.4) is 0 Å². The van der Waals surface area contributed by atoms with Gasteiger partial charge in [-0.25, -0.2) is 17.8 Å². The molecule has 1 saturated heterocycles. The summed E-state index contributed by atoms with van der Waals surface area (Å²) in [5.41, 5.74) is 5.66. The van der Waals surface area contributed by atoms with Crippen molar-refractivity contribution in [1.82, 2.24) is 19.4 Å². The molecule has 1 aromatic heterocycles. The molecule has 2 N–H and O–H groups in total. The zero-order valence-electron chi connectivity index (χ0n) is 41.8. The summed E-state index contributed by atoms with van der Waals surface area (Å²) in [7, 11) is -4.19. The van der Waals surface area contributed by atoms with E-state index >= 15 is 0 Å². The number of methoxy groups -OCH3 is 1. The number of ether oxygens (including phenoxy) is 3. The number of hydrogen-bond acceptors (Lipinski definition) is 12. The topological polar surface area (TPSA) is 170 Å². The van der Waals surface area contributed by atoms with Gasteiger partial charge in [0.25, 0.3) is 21.6 Å². The first kappa shape index (κ1) is 52.0. The Morgan fingerprint density at radius 3 is 2.41 bits per heavy atom. The Labute approximate surface area is 424 Å². The van der Waals surface area contributed by atoms with E-state index in [1.807, 2.05) is 24.3 Å². The van der Waals surface area contributed by atoms with Gasteiger partial charge < -0.3 is 24.4 Å². The highest BCUT2D eigenvalue weighted by atomic mass is 35.5. The fraction of sp³-hybridized carbons (Fsp3) is 0.472. The van der Waals surface area contributed by atoms with Crippen molar-refractivity contribution in [3.05, 3.63) is 117 Å². The van der Waals surface area contributed by atoms with Gasteiger partial charge in [-0.05, 0) is 122 Å². The zero-order valence-corrected chi connectivity index (χ0v) is 44.4. The number of nitrogens with zero attached hydrogens (tertiary/aromatic N) is 5. The van der Waals surface area contributed by atoms with Gasteiger partial charge in [-0.2, -0.15) is 5.10 Å². The number of aromatic nitrogens is 2. The Balaban J connectivity index is 1.03. The van der Waals surface area contributed by atoms with Crippen LogP contribution in [-0.2, 0) is 26.2 Å². The lowest BCUT2D eigenvalue weighted by Crippen LogP contribution is -2.47. The number of fused-ring (bicyclic) bond motifs is 1. The number of nitro groups is 1. The predicted molar refractivity (Wildman–Crippen MR) is 284 cm³/mol. The van der Waals surface area contributed by atoms with Crippen molar-refractivity contribution in [2.24, 2.45) is 11.3 Å². The second-order valence-electron chi connectivity index (χ2n) is 21.3. The molecule has 1 saturated carbocycles. The first-order valence-corrected chi connectivity index (χ1v) is 30.3. The maximum Gasteiger partial charge on any atom is 0.293 e. The smallest absolute Gasteiger partial charge is 0.293 e. The van der Waals surface area contributed by atoms with Crippen molar-refractivity contribution < 1.29 is 32.3 Å². The molecule has 71 heavy (non-hydrogen) atoms. The minimum atomic E-state index is -4.60. The van der Waals surface area contributed by atoms with Crippen LogP contribution >= 0.6 is 11.6 Å². The van der Waals surface area contributed by atoms with Crippen LogP contribution < -0.4 is 19.7 Å². The lowest BCUT2D eigenvalue weighted by atomic mass is 9.72. The van der Waals surface area contributed by atoms with Gasteiger partial charge in [0.15, 0.2) is 0 Å². The fourth-order valence-corrected chi connectivity index (χ4v) is 11.7. The third-order valence-corrected chi connectivity index (χ3v) is 17.5. The average molecular weight is 1030 g/mol. The monoisotopic (exact) mass is 1030 g/mol. The van der Waals surface area contributed by atoms with Gasteiger partial charge in [-0.15, -0.1) is 0 Å². The average Bonchev–Trinajstić information content (AvgIpc) is 3.76. The van der Waals surface area contributed by atoms with E-state index in [0.717, 1.165) is 92.9 Å². The third-order valence-electron chi connectivity index (χ3n) is 14.2. The molecule has 1 amide bonds. The number of piperazine rings is 1. The number of sulfonamides is 1. The molecule has 2 heterocycles. The second kappa shape index (κ2) is 22.2. The lowest BCUT2D eigenvalue weighted by molar-refractivity contribution is -0.384. The molecule has 0 spiro atoms. The van der Waals surface area contributed by atoms with Gasteiger partial charge in [0.2, 0.25) is 0 Å². The van der Waals surface area contributed by atoms with Gasteiger partial charge >= 0.3 is 0 Å². The molecule has 4 aromatic carbocycles. The number of hydrogen-bond donors (Lipinski definition) is 2. The number of nitrogens with one attached hydrogen (secondary N) is 2. The van der Waals surface area contributed by atoms with Crippen LogP contribution in [0.4, 0.5) is 17.1 Å². The highest BCUT2D eigenvalue weighted by Crippen LogP contribution is 2.44. The second-order valence-corrected chi connectivity index (χ2v) is 29.0. The Bertz CT molecular complexity index is 2850. The van der Waals surface area contributed by atoms with Crippen LogP contribution in [0.5, 0.6) is 11.5 Å². The van der Waals surface area contributed by atoms with E-state index in [0.29, 0.717) is 43.3 Å². The van der Waals surface area contributed by atoms with Gasteiger partial charge in [0.05, 0.1) is 38.6 Å². The molecule has 380 valence electrons. The van der Waals surface area contributed by atoms with Gasteiger partial charge in [0.1, 0.15) is 23.9 Å². The first-order valence-electron chi connectivity index (χ1n) is 24.8. The van der Waals surface area contributed by atoms with Crippen LogP contribution in [-0.4, -0.2) is 101 Å². The van der Waals surface area contributed by atoms with Crippen LogP contribution in [0.2, 0.25) is 30.7 Å². The molecule has 1 aliphatic heterocycles. The number of nitro benzene ring substituents is 1. The molecule has 0 atom stereocenters. The zero-order chi connectivity index (χ0) is 50.5. The van der Waals surface area contributed by atoms with Crippen molar-refractivity contribution >= 4 is 69.1 Å². The molecular weight excluding hydrogens is 958 g/mol. The predicted octanol–water partition coefficient (Wildman–Crippen LogP) is 11.2. The Hall–Kier alpha value is -5.30.